The highest BCUT2D eigenvalue weighted by Crippen LogP contribution is 2.22. The third kappa shape index (κ3) is 3.47. The third-order valence-corrected chi connectivity index (χ3v) is 2.83. The molecule has 0 saturated carbocycles. The van der Waals surface area contributed by atoms with E-state index in [1.54, 1.807) is 6.07 Å². The first-order valence-electron chi connectivity index (χ1n) is 5.35. The van der Waals surface area contributed by atoms with E-state index in [0.29, 0.717) is 16.8 Å². The van der Waals surface area contributed by atoms with Crippen LogP contribution in [0.1, 0.15) is 5.69 Å². The van der Waals surface area contributed by atoms with Crippen LogP contribution in [0.3, 0.4) is 0 Å². The van der Waals surface area contributed by atoms with Gasteiger partial charge in [0.05, 0.1) is 17.2 Å². The molecule has 0 aliphatic heterocycles. The van der Waals surface area contributed by atoms with Gasteiger partial charge >= 0.3 is 5.69 Å². The van der Waals surface area contributed by atoms with Crippen LogP contribution in [0, 0.1) is 15.9 Å². The summed E-state index contributed by atoms with van der Waals surface area (Å²) in [6.07, 6.45) is 0. The number of nitrogens with zero attached hydrogens (tertiary/aromatic N) is 2. The van der Waals surface area contributed by atoms with Gasteiger partial charge in [-0.3, -0.25) is 10.1 Å². The molecule has 0 spiro atoms. The van der Waals surface area contributed by atoms with Crippen molar-refractivity contribution < 1.29 is 9.31 Å². The molecule has 1 N–H and O–H groups in total. The minimum atomic E-state index is -0.851. The predicted octanol–water partition coefficient (Wildman–Crippen LogP) is 3.50. The lowest BCUT2D eigenvalue weighted by Crippen LogP contribution is -2.02. The molecular formula is C12H9BrFN3O2. The molecule has 0 bridgehead atoms. The normalized spacial score (nSPS) is 10.2. The van der Waals surface area contributed by atoms with E-state index in [1.807, 2.05) is 12.1 Å². The van der Waals surface area contributed by atoms with Crippen LogP contribution < -0.4 is 5.32 Å². The zero-order chi connectivity index (χ0) is 13.8. The van der Waals surface area contributed by atoms with Crippen molar-refractivity contribution >= 4 is 27.3 Å². The first-order chi connectivity index (χ1) is 9.06. The molecular weight excluding hydrogens is 317 g/mol. The summed E-state index contributed by atoms with van der Waals surface area (Å²) in [5, 5.41) is 13.6. The van der Waals surface area contributed by atoms with E-state index >= 15 is 0 Å². The molecule has 98 valence electrons. The number of hydrogen-bond acceptors (Lipinski definition) is 4. The van der Waals surface area contributed by atoms with Gasteiger partial charge in [0, 0.05) is 11.8 Å². The molecule has 1 aromatic heterocycles. The van der Waals surface area contributed by atoms with Crippen molar-refractivity contribution in [1.29, 1.82) is 0 Å². The van der Waals surface area contributed by atoms with Gasteiger partial charge in [-0.05, 0) is 40.2 Å². The molecule has 1 aromatic carbocycles. The van der Waals surface area contributed by atoms with E-state index < -0.39 is 16.4 Å². The van der Waals surface area contributed by atoms with Crippen molar-refractivity contribution in [3.63, 3.8) is 0 Å². The quantitative estimate of drug-likeness (QED) is 0.530. The second-order valence-electron chi connectivity index (χ2n) is 3.73. The number of pyridine rings is 1. The van der Waals surface area contributed by atoms with E-state index in [4.69, 9.17) is 0 Å². The number of nitrogens with one attached hydrogen (secondary N) is 1. The Kier molecular flexibility index (Phi) is 4.06. The summed E-state index contributed by atoms with van der Waals surface area (Å²) >= 11 is 3.25. The maximum atomic E-state index is 13.1. The summed E-state index contributed by atoms with van der Waals surface area (Å²) in [7, 11) is 0. The van der Waals surface area contributed by atoms with E-state index in [9.17, 15) is 14.5 Å². The van der Waals surface area contributed by atoms with Gasteiger partial charge in [-0.2, -0.15) is 4.39 Å². The number of benzene rings is 1. The molecule has 0 atom stereocenters. The zero-order valence-electron chi connectivity index (χ0n) is 9.64. The molecule has 7 heteroatoms. The number of hydrogen-bond donors (Lipinski definition) is 1. The van der Waals surface area contributed by atoms with Gasteiger partial charge in [-0.15, -0.1) is 0 Å². The van der Waals surface area contributed by atoms with E-state index in [0.717, 1.165) is 17.8 Å². The highest BCUT2D eigenvalue weighted by molar-refractivity contribution is 9.10. The molecule has 0 aliphatic rings. The van der Waals surface area contributed by atoms with E-state index in [1.165, 1.54) is 6.07 Å². The number of aromatic nitrogens is 1. The van der Waals surface area contributed by atoms with Crippen LogP contribution in [-0.4, -0.2) is 9.91 Å². The zero-order valence-corrected chi connectivity index (χ0v) is 11.2. The fourth-order valence-electron chi connectivity index (χ4n) is 1.50. The second kappa shape index (κ2) is 5.75. The van der Waals surface area contributed by atoms with Crippen molar-refractivity contribution in [2.75, 3.05) is 5.32 Å². The van der Waals surface area contributed by atoms with Gasteiger partial charge in [-0.25, -0.2) is 4.98 Å². The third-order valence-electron chi connectivity index (χ3n) is 2.39. The highest BCUT2D eigenvalue weighted by Gasteiger charge is 2.14. The molecule has 19 heavy (non-hydrogen) atoms. The number of rotatable bonds is 4. The Morgan fingerprint density at radius 1 is 1.37 bits per heavy atom. The lowest BCUT2D eigenvalue weighted by molar-refractivity contribution is -0.387. The molecule has 0 aliphatic carbocycles. The average molecular weight is 326 g/mol. The molecule has 5 nitrogen and oxygen atoms in total. The Bertz CT molecular complexity index is 622. The monoisotopic (exact) mass is 325 g/mol. The Labute approximate surface area is 116 Å². The molecule has 0 fully saturated rings. The summed E-state index contributed by atoms with van der Waals surface area (Å²) in [5.41, 5.74) is 0.684. The summed E-state index contributed by atoms with van der Waals surface area (Å²) in [6, 6.07) is 9.12. The van der Waals surface area contributed by atoms with Crippen molar-refractivity contribution in [2.45, 2.75) is 6.54 Å². The molecule has 1 heterocycles. The minimum absolute atomic E-state index is 0.391. The van der Waals surface area contributed by atoms with Crippen molar-refractivity contribution in [1.82, 2.24) is 4.98 Å². The van der Waals surface area contributed by atoms with Crippen LogP contribution in [-0.2, 0) is 6.54 Å². The number of nitro benzene ring substituents is 1. The number of anilines is 1. The largest absolute Gasteiger partial charge is 0.379 e. The maximum absolute atomic E-state index is 13.1. The fraction of sp³-hybridized carbons (Fsp3) is 0.0833. The van der Waals surface area contributed by atoms with E-state index in [-0.39, 0.29) is 0 Å². The molecule has 0 saturated heterocycles. The first kappa shape index (κ1) is 13.4. The van der Waals surface area contributed by atoms with Crippen LogP contribution in [0.4, 0.5) is 15.8 Å². The molecule has 0 unspecified atom stereocenters. The number of halogens is 2. The summed E-state index contributed by atoms with van der Waals surface area (Å²) in [6.45, 7) is 0.391. The average Bonchev–Trinajstić information content (AvgIpc) is 2.37. The van der Waals surface area contributed by atoms with Crippen molar-refractivity contribution in [2.24, 2.45) is 0 Å². The summed E-state index contributed by atoms with van der Waals surface area (Å²) in [5.74, 6) is -0.851. The Balaban J connectivity index is 2.12. The Morgan fingerprint density at radius 3 is 2.84 bits per heavy atom. The van der Waals surface area contributed by atoms with Gasteiger partial charge in [0.25, 0.3) is 0 Å². The minimum Gasteiger partial charge on any atom is -0.379 e. The van der Waals surface area contributed by atoms with E-state index in [2.05, 4.69) is 26.2 Å². The van der Waals surface area contributed by atoms with Gasteiger partial charge < -0.3 is 5.32 Å². The van der Waals surface area contributed by atoms with Gasteiger partial charge in [0.2, 0.25) is 5.82 Å². The molecule has 2 rings (SSSR count). The molecule has 2 aromatic rings. The predicted molar refractivity (Wildman–Crippen MR) is 72.3 cm³/mol. The SMILES string of the molecule is O=[N+]([O-])c1cc(NCc2cccc(Br)n2)ccc1F. The van der Waals surface area contributed by atoms with Crippen LogP contribution in [0.5, 0.6) is 0 Å². The molecule has 0 amide bonds. The second-order valence-corrected chi connectivity index (χ2v) is 4.54. The van der Waals surface area contributed by atoms with Crippen LogP contribution in [0.25, 0.3) is 0 Å². The van der Waals surface area contributed by atoms with Crippen LogP contribution in [0.2, 0.25) is 0 Å². The van der Waals surface area contributed by atoms with Gasteiger partial charge in [0.1, 0.15) is 4.60 Å². The highest BCUT2D eigenvalue weighted by atomic mass is 79.9. The number of nitro groups is 1. The Hall–Kier alpha value is -2.02. The maximum Gasteiger partial charge on any atom is 0.306 e. The standard InChI is InChI=1S/C12H9BrFN3O2/c13-12-3-1-2-9(16-12)7-15-8-4-5-10(14)11(6-8)17(18)19/h1-6,15H,7H2. The first-order valence-corrected chi connectivity index (χ1v) is 6.15. The van der Waals surface area contributed by atoms with Crippen LogP contribution >= 0.6 is 15.9 Å². The summed E-state index contributed by atoms with van der Waals surface area (Å²) in [4.78, 5) is 14.1. The van der Waals surface area contributed by atoms with Crippen molar-refractivity contribution in [3.05, 3.63) is 62.6 Å². The van der Waals surface area contributed by atoms with Crippen molar-refractivity contribution in [3.8, 4) is 0 Å². The van der Waals surface area contributed by atoms with Crippen LogP contribution in [0.15, 0.2) is 41.0 Å². The fourth-order valence-corrected chi connectivity index (χ4v) is 1.88. The van der Waals surface area contributed by atoms with Gasteiger partial charge in [-0.1, -0.05) is 6.07 Å². The summed E-state index contributed by atoms with van der Waals surface area (Å²) < 4.78 is 13.9. The van der Waals surface area contributed by atoms with Gasteiger partial charge in [0.15, 0.2) is 0 Å². The molecule has 0 radical (unpaired) electrons. The smallest absolute Gasteiger partial charge is 0.306 e. The lowest BCUT2D eigenvalue weighted by atomic mass is 10.2. The lowest BCUT2D eigenvalue weighted by Gasteiger charge is -2.06. The Morgan fingerprint density at radius 2 is 2.16 bits per heavy atom. The topological polar surface area (TPSA) is 68.1 Å².